The molecule has 7 bridgehead atoms. The van der Waals surface area contributed by atoms with Crippen LogP contribution in [0.4, 0.5) is 0 Å². The SMILES string of the molecule is C=C1C2C[C@]3(C1O)C1CC4C5(C(O)CC[C@@]4(C)CN(CC)C15)C3CC2=O. The van der Waals surface area contributed by atoms with Gasteiger partial charge in [-0.2, -0.15) is 0 Å². The van der Waals surface area contributed by atoms with Crippen LogP contribution < -0.4 is 0 Å². The molecule has 5 aliphatic carbocycles. The van der Waals surface area contributed by atoms with Crippen LogP contribution >= 0.6 is 0 Å². The number of rotatable bonds is 1. The van der Waals surface area contributed by atoms with Crippen molar-refractivity contribution < 1.29 is 15.0 Å². The number of carbonyl (C=O) groups is 1. The fourth-order valence-corrected chi connectivity index (χ4v) is 9.75. The molecule has 4 heteroatoms. The van der Waals surface area contributed by atoms with Crippen molar-refractivity contribution in [1.82, 2.24) is 4.90 Å². The molecule has 0 radical (unpaired) electrons. The predicted molar refractivity (Wildman–Crippen MR) is 97.2 cm³/mol. The summed E-state index contributed by atoms with van der Waals surface area (Å²) in [5.41, 5.74) is 0.598. The lowest BCUT2D eigenvalue weighted by Gasteiger charge is -2.65. The normalized spacial score (nSPS) is 62.7. The molecule has 1 aliphatic heterocycles. The number of fused-ring (bicyclic) bond motifs is 1. The number of aliphatic hydroxyl groups excluding tert-OH is 2. The Morgan fingerprint density at radius 3 is 2.81 bits per heavy atom. The lowest BCUT2D eigenvalue weighted by molar-refractivity contribution is -0.211. The summed E-state index contributed by atoms with van der Waals surface area (Å²) >= 11 is 0. The first-order chi connectivity index (χ1) is 12.3. The standard InChI is InChI=1S/C22H31NO3/c1-4-23-10-20(3)6-5-17(25)22-15(20)7-13(18(22)23)21-9-12(11(2)19(21)26)14(24)8-16(21)22/h12-13,15-19,25-26H,2,4-10H2,1,3H3/t12?,13?,15?,16?,17?,18?,19?,20-,21-,22?/m0/s1. The molecule has 2 spiro atoms. The molecular formula is C22H31NO3. The van der Waals surface area contributed by atoms with E-state index in [1.165, 1.54) is 0 Å². The summed E-state index contributed by atoms with van der Waals surface area (Å²) in [6.07, 6.45) is 3.50. The number of piperidine rings is 1. The molecule has 4 nitrogen and oxygen atoms in total. The highest BCUT2D eigenvalue weighted by atomic mass is 16.3. The zero-order valence-corrected chi connectivity index (χ0v) is 15.9. The maximum absolute atomic E-state index is 13.0. The number of carbonyl (C=O) groups excluding carboxylic acids is 1. The van der Waals surface area contributed by atoms with Crippen LogP contribution in [0.1, 0.15) is 46.0 Å². The van der Waals surface area contributed by atoms with Gasteiger partial charge in [-0.3, -0.25) is 9.69 Å². The van der Waals surface area contributed by atoms with Crippen molar-refractivity contribution in [2.24, 2.45) is 39.9 Å². The van der Waals surface area contributed by atoms with E-state index < -0.39 is 6.10 Å². The third-order valence-corrected chi connectivity index (χ3v) is 10.4. The first-order valence-electron chi connectivity index (χ1n) is 10.6. The fourth-order valence-electron chi connectivity index (χ4n) is 9.75. The summed E-state index contributed by atoms with van der Waals surface area (Å²) in [5.74, 6) is 1.16. The summed E-state index contributed by atoms with van der Waals surface area (Å²) in [5, 5.41) is 22.8. The Morgan fingerprint density at radius 1 is 1.31 bits per heavy atom. The van der Waals surface area contributed by atoms with Crippen LogP contribution in [0, 0.1) is 39.9 Å². The average Bonchev–Trinajstić information content (AvgIpc) is 3.14. The third kappa shape index (κ3) is 1.33. The number of aliphatic hydroxyl groups is 2. The lowest BCUT2D eigenvalue weighted by atomic mass is 9.43. The topological polar surface area (TPSA) is 60.8 Å². The van der Waals surface area contributed by atoms with Gasteiger partial charge >= 0.3 is 0 Å². The molecule has 26 heavy (non-hydrogen) atoms. The molecule has 1 heterocycles. The van der Waals surface area contributed by atoms with Crippen molar-refractivity contribution >= 4 is 5.78 Å². The van der Waals surface area contributed by atoms with Crippen molar-refractivity contribution in [2.45, 2.75) is 64.2 Å². The van der Waals surface area contributed by atoms with Crippen LogP contribution in [-0.2, 0) is 4.79 Å². The monoisotopic (exact) mass is 357 g/mol. The van der Waals surface area contributed by atoms with Gasteiger partial charge in [-0.25, -0.2) is 0 Å². The van der Waals surface area contributed by atoms with Crippen LogP contribution in [0.5, 0.6) is 0 Å². The zero-order chi connectivity index (χ0) is 18.2. The summed E-state index contributed by atoms with van der Waals surface area (Å²) in [4.78, 5) is 15.6. The molecular weight excluding hydrogens is 326 g/mol. The molecule has 6 fully saturated rings. The van der Waals surface area contributed by atoms with Gasteiger partial charge in [-0.05, 0) is 61.0 Å². The van der Waals surface area contributed by atoms with Crippen LogP contribution in [0.15, 0.2) is 12.2 Å². The van der Waals surface area contributed by atoms with E-state index in [9.17, 15) is 15.0 Å². The molecule has 0 aromatic heterocycles. The smallest absolute Gasteiger partial charge is 0.140 e. The van der Waals surface area contributed by atoms with Crippen molar-refractivity contribution in [3.8, 4) is 0 Å². The van der Waals surface area contributed by atoms with Gasteiger partial charge in [0.05, 0.1) is 12.2 Å². The average molecular weight is 357 g/mol. The molecule has 2 N–H and O–H groups in total. The molecule has 1 saturated heterocycles. The number of Topliss-reactive ketones (excluding diaryl/α,β-unsaturated/α-hetero) is 1. The summed E-state index contributed by atoms with van der Waals surface area (Å²) < 4.78 is 0. The quantitative estimate of drug-likeness (QED) is 0.705. The summed E-state index contributed by atoms with van der Waals surface area (Å²) in [6.45, 7) is 10.9. The second-order valence-corrected chi connectivity index (χ2v) is 10.7. The molecule has 5 saturated carbocycles. The van der Waals surface area contributed by atoms with Crippen LogP contribution in [0.3, 0.4) is 0 Å². The Balaban J connectivity index is 1.62. The molecule has 8 unspecified atom stereocenters. The Morgan fingerprint density at radius 2 is 2.08 bits per heavy atom. The van der Waals surface area contributed by atoms with Crippen molar-refractivity contribution in [3.05, 3.63) is 12.2 Å². The Bertz CT molecular complexity index is 735. The molecule has 0 aromatic carbocycles. The number of nitrogens with zero attached hydrogens (tertiary/aromatic N) is 1. The first-order valence-corrected chi connectivity index (χ1v) is 10.6. The number of ketones is 1. The van der Waals surface area contributed by atoms with E-state index >= 15 is 0 Å². The van der Waals surface area contributed by atoms with Gasteiger partial charge in [0.1, 0.15) is 5.78 Å². The maximum atomic E-state index is 13.0. The molecule has 142 valence electrons. The van der Waals surface area contributed by atoms with E-state index in [2.05, 4.69) is 25.3 Å². The summed E-state index contributed by atoms with van der Waals surface area (Å²) in [7, 11) is 0. The number of hydrogen-bond donors (Lipinski definition) is 2. The fraction of sp³-hybridized carbons (Fsp3) is 0.864. The summed E-state index contributed by atoms with van der Waals surface area (Å²) in [6, 6.07) is 0.331. The zero-order valence-electron chi connectivity index (χ0n) is 15.9. The third-order valence-electron chi connectivity index (χ3n) is 10.4. The lowest BCUT2D eigenvalue weighted by Crippen LogP contribution is -2.68. The van der Waals surface area contributed by atoms with E-state index in [1.54, 1.807) is 0 Å². The minimum Gasteiger partial charge on any atom is -0.392 e. The number of likely N-dealkylation sites (tertiary alicyclic amines) is 1. The van der Waals surface area contributed by atoms with Gasteiger partial charge in [0.15, 0.2) is 0 Å². The van der Waals surface area contributed by atoms with E-state index in [4.69, 9.17) is 0 Å². The van der Waals surface area contributed by atoms with Gasteiger partial charge in [-0.1, -0.05) is 20.4 Å². The van der Waals surface area contributed by atoms with Crippen LogP contribution in [0.25, 0.3) is 0 Å². The maximum Gasteiger partial charge on any atom is 0.140 e. The molecule has 0 amide bonds. The predicted octanol–water partition coefficient (Wildman–Crippen LogP) is 2.00. The minimum atomic E-state index is -0.561. The van der Waals surface area contributed by atoms with Crippen LogP contribution in [-0.4, -0.2) is 52.2 Å². The van der Waals surface area contributed by atoms with Crippen molar-refractivity contribution in [2.75, 3.05) is 13.1 Å². The molecule has 6 aliphatic rings. The molecule has 0 aromatic rings. The highest BCUT2D eigenvalue weighted by Crippen LogP contribution is 2.83. The second kappa shape index (κ2) is 4.47. The van der Waals surface area contributed by atoms with Gasteiger partial charge in [-0.15, -0.1) is 0 Å². The van der Waals surface area contributed by atoms with E-state index in [0.717, 1.165) is 44.3 Å². The Hall–Kier alpha value is -0.710. The highest BCUT2D eigenvalue weighted by Gasteiger charge is 2.85. The van der Waals surface area contributed by atoms with E-state index in [0.29, 0.717) is 24.3 Å². The van der Waals surface area contributed by atoms with Crippen LogP contribution in [0.2, 0.25) is 0 Å². The van der Waals surface area contributed by atoms with Gasteiger partial charge in [0.2, 0.25) is 0 Å². The Labute approximate surface area is 155 Å². The highest BCUT2D eigenvalue weighted by molar-refractivity contribution is 5.87. The first kappa shape index (κ1) is 16.3. The Kier molecular flexibility index (Phi) is 2.80. The largest absolute Gasteiger partial charge is 0.392 e. The molecule has 6 rings (SSSR count). The molecule has 10 atom stereocenters. The minimum absolute atomic E-state index is 0.130. The van der Waals surface area contributed by atoms with Gasteiger partial charge in [0, 0.05) is 35.8 Å². The van der Waals surface area contributed by atoms with E-state index in [1.807, 2.05) is 0 Å². The van der Waals surface area contributed by atoms with E-state index in [-0.39, 0.29) is 40.0 Å². The van der Waals surface area contributed by atoms with Gasteiger partial charge < -0.3 is 10.2 Å². The van der Waals surface area contributed by atoms with Crippen molar-refractivity contribution in [3.63, 3.8) is 0 Å². The second-order valence-electron chi connectivity index (χ2n) is 10.7. The van der Waals surface area contributed by atoms with Gasteiger partial charge in [0.25, 0.3) is 0 Å². The van der Waals surface area contributed by atoms with Crippen molar-refractivity contribution in [1.29, 1.82) is 0 Å². The number of hydrogen-bond acceptors (Lipinski definition) is 4.